The monoisotopic (exact) mass is 315 g/mol. The summed E-state index contributed by atoms with van der Waals surface area (Å²) in [5, 5.41) is 3.12. The molecule has 0 spiro atoms. The van der Waals surface area contributed by atoms with Crippen LogP contribution in [0.1, 0.15) is 43.3 Å². The fourth-order valence-corrected chi connectivity index (χ4v) is 3.88. The van der Waals surface area contributed by atoms with Gasteiger partial charge in [0.15, 0.2) is 0 Å². The lowest BCUT2D eigenvalue weighted by atomic mass is 10.1. The average molecular weight is 315 g/mol. The summed E-state index contributed by atoms with van der Waals surface area (Å²) in [5.41, 5.74) is 1.81. The van der Waals surface area contributed by atoms with E-state index in [2.05, 4.69) is 42.0 Å². The number of hydrogen-bond acceptors (Lipinski definition) is 4. The summed E-state index contributed by atoms with van der Waals surface area (Å²) in [4.78, 5) is 20.7. The van der Waals surface area contributed by atoms with Gasteiger partial charge in [-0.05, 0) is 44.0 Å². The van der Waals surface area contributed by atoms with Crippen molar-refractivity contribution in [1.29, 1.82) is 0 Å². The summed E-state index contributed by atoms with van der Waals surface area (Å²) >= 11 is 1.55. The molecule has 0 aliphatic carbocycles. The molecule has 0 radical (unpaired) electrons. The van der Waals surface area contributed by atoms with Crippen LogP contribution in [-0.4, -0.2) is 23.1 Å². The zero-order valence-corrected chi connectivity index (χ0v) is 14.0. The van der Waals surface area contributed by atoms with E-state index in [9.17, 15) is 4.79 Å². The number of fused-ring (bicyclic) bond motifs is 1. The number of amides is 1. The number of hydrogen-bond donors (Lipinski definition) is 1. The topological polar surface area (TPSA) is 45.2 Å². The standard InChI is InChI=1S/C17H21N3OS/c1-4-5-10-20-13-11-14(12-6-8-18-9-7-12)22-15(13)16(21)19-17(20,2)3/h6-9,11H,4-5,10H2,1-3H3,(H,19,21). The van der Waals surface area contributed by atoms with Crippen molar-refractivity contribution >= 4 is 22.9 Å². The molecular formula is C17H21N3OS. The van der Waals surface area contributed by atoms with E-state index in [0.717, 1.165) is 40.4 Å². The van der Waals surface area contributed by atoms with Crippen LogP contribution in [0.3, 0.4) is 0 Å². The van der Waals surface area contributed by atoms with Crippen molar-refractivity contribution in [2.75, 3.05) is 11.4 Å². The number of carbonyl (C=O) groups is 1. The van der Waals surface area contributed by atoms with E-state index in [-0.39, 0.29) is 11.6 Å². The zero-order valence-electron chi connectivity index (χ0n) is 13.2. The largest absolute Gasteiger partial charge is 0.348 e. The van der Waals surface area contributed by atoms with Crippen molar-refractivity contribution in [2.24, 2.45) is 0 Å². The zero-order chi connectivity index (χ0) is 15.7. The number of anilines is 1. The first-order valence-electron chi connectivity index (χ1n) is 7.67. The van der Waals surface area contributed by atoms with Crippen LogP contribution in [0, 0.1) is 0 Å². The Hall–Kier alpha value is -1.88. The molecular weight excluding hydrogens is 294 g/mol. The van der Waals surface area contributed by atoms with Crippen LogP contribution in [-0.2, 0) is 0 Å². The van der Waals surface area contributed by atoms with Crippen molar-refractivity contribution in [3.05, 3.63) is 35.5 Å². The summed E-state index contributed by atoms with van der Waals surface area (Å²) in [6.07, 6.45) is 5.82. The molecule has 0 unspecified atom stereocenters. The first-order chi connectivity index (χ1) is 10.5. The molecule has 0 aromatic carbocycles. The third kappa shape index (κ3) is 2.61. The first kappa shape index (κ1) is 15.0. The SMILES string of the molecule is CCCCN1c2cc(-c3ccncc3)sc2C(=O)NC1(C)C. The molecule has 4 nitrogen and oxygen atoms in total. The number of pyridine rings is 1. The van der Waals surface area contributed by atoms with E-state index in [1.54, 1.807) is 23.7 Å². The number of nitrogens with one attached hydrogen (secondary N) is 1. The smallest absolute Gasteiger partial charge is 0.265 e. The number of carbonyl (C=O) groups excluding carboxylic acids is 1. The second kappa shape index (κ2) is 5.72. The molecule has 3 rings (SSSR count). The summed E-state index contributed by atoms with van der Waals surface area (Å²) in [7, 11) is 0. The molecule has 1 aliphatic rings. The van der Waals surface area contributed by atoms with Gasteiger partial charge in [-0.1, -0.05) is 13.3 Å². The quantitative estimate of drug-likeness (QED) is 0.931. The van der Waals surface area contributed by atoms with Crippen LogP contribution in [0.4, 0.5) is 5.69 Å². The first-order valence-corrected chi connectivity index (χ1v) is 8.49. The number of nitrogens with zero attached hydrogens (tertiary/aromatic N) is 2. The molecule has 2 aromatic rings. The third-order valence-electron chi connectivity index (χ3n) is 4.00. The fourth-order valence-electron chi connectivity index (χ4n) is 2.82. The Bertz CT molecular complexity index is 678. The second-order valence-electron chi connectivity index (χ2n) is 6.08. The predicted molar refractivity (Wildman–Crippen MR) is 91.3 cm³/mol. The van der Waals surface area contributed by atoms with Crippen LogP contribution < -0.4 is 10.2 Å². The Morgan fingerprint density at radius 2 is 2.05 bits per heavy atom. The van der Waals surface area contributed by atoms with Crippen molar-refractivity contribution in [3.63, 3.8) is 0 Å². The number of aromatic nitrogens is 1. The van der Waals surface area contributed by atoms with Crippen molar-refractivity contribution < 1.29 is 4.79 Å². The van der Waals surface area contributed by atoms with Gasteiger partial charge in [0.1, 0.15) is 10.5 Å². The number of rotatable bonds is 4. The number of thiophene rings is 1. The highest BCUT2D eigenvalue weighted by atomic mass is 32.1. The second-order valence-corrected chi connectivity index (χ2v) is 7.13. The minimum Gasteiger partial charge on any atom is -0.348 e. The molecule has 0 fully saturated rings. The Balaban J connectivity index is 2.04. The highest BCUT2D eigenvalue weighted by molar-refractivity contribution is 7.18. The van der Waals surface area contributed by atoms with Gasteiger partial charge < -0.3 is 10.2 Å². The summed E-state index contributed by atoms with van der Waals surface area (Å²) < 4.78 is 0. The van der Waals surface area contributed by atoms with Gasteiger partial charge in [0.25, 0.3) is 5.91 Å². The van der Waals surface area contributed by atoms with Gasteiger partial charge >= 0.3 is 0 Å². The van der Waals surface area contributed by atoms with Gasteiger partial charge in [-0.25, -0.2) is 0 Å². The van der Waals surface area contributed by atoms with E-state index < -0.39 is 0 Å². The van der Waals surface area contributed by atoms with E-state index in [4.69, 9.17) is 0 Å². The Kier molecular flexibility index (Phi) is 3.91. The maximum atomic E-state index is 12.4. The maximum Gasteiger partial charge on any atom is 0.265 e. The highest BCUT2D eigenvalue weighted by Gasteiger charge is 2.37. The summed E-state index contributed by atoms with van der Waals surface area (Å²) in [6, 6.07) is 6.11. The Morgan fingerprint density at radius 1 is 1.32 bits per heavy atom. The van der Waals surface area contributed by atoms with Gasteiger partial charge in [-0.15, -0.1) is 11.3 Å². The van der Waals surface area contributed by atoms with Crippen molar-refractivity contribution in [2.45, 2.75) is 39.3 Å². The van der Waals surface area contributed by atoms with Crippen LogP contribution in [0.25, 0.3) is 10.4 Å². The van der Waals surface area contributed by atoms with Crippen LogP contribution >= 0.6 is 11.3 Å². The van der Waals surface area contributed by atoms with E-state index in [1.165, 1.54) is 0 Å². The van der Waals surface area contributed by atoms with Crippen molar-refractivity contribution in [1.82, 2.24) is 10.3 Å². The normalized spacial score (nSPS) is 16.3. The van der Waals surface area contributed by atoms with E-state index >= 15 is 0 Å². The third-order valence-corrected chi connectivity index (χ3v) is 5.18. The minimum atomic E-state index is -0.351. The van der Waals surface area contributed by atoms with Gasteiger partial charge in [0.2, 0.25) is 0 Å². The Labute approximate surface area is 135 Å². The minimum absolute atomic E-state index is 0.0260. The highest BCUT2D eigenvalue weighted by Crippen LogP contribution is 2.41. The molecule has 1 aliphatic heterocycles. The lowest BCUT2D eigenvalue weighted by Gasteiger charge is -2.44. The van der Waals surface area contributed by atoms with E-state index in [1.807, 2.05) is 12.1 Å². The van der Waals surface area contributed by atoms with Gasteiger partial charge in [-0.2, -0.15) is 0 Å². The van der Waals surface area contributed by atoms with Crippen LogP contribution in [0.15, 0.2) is 30.6 Å². The lowest BCUT2D eigenvalue weighted by Crippen LogP contribution is -2.60. The van der Waals surface area contributed by atoms with Crippen molar-refractivity contribution in [3.8, 4) is 10.4 Å². The average Bonchev–Trinajstić information content (AvgIpc) is 2.92. The maximum absolute atomic E-state index is 12.4. The van der Waals surface area contributed by atoms with Crippen LogP contribution in [0.2, 0.25) is 0 Å². The molecule has 0 bridgehead atoms. The fraction of sp³-hybridized carbons (Fsp3) is 0.412. The Morgan fingerprint density at radius 3 is 2.73 bits per heavy atom. The molecule has 3 heterocycles. The molecule has 2 aromatic heterocycles. The molecule has 0 atom stereocenters. The lowest BCUT2D eigenvalue weighted by molar-refractivity contribution is 0.0902. The summed E-state index contributed by atoms with van der Waals surface area (Å²) in [6.45, 7) is 7.26. The van der Waals surface area contributed by atoms with Gasteiger partial charge in [-0.3, -0.25) is 9.78 Å². The molecule has 1 amide bonds. The molecule has 0 saturated carbocycles. The predicted octanol–water partition coefficient (Wildman–Crippen LogP) is 3.90. The van der Waals surface area contributed by atoms with Gasteiger partial charge in [0.05, 0.1) is 5.69 Å². The molecule has 1 N–H and O–H groups in total. The molecule has 0 saturated heterocycles. The van der Waals surface area contributed by atoms with Crippen LogP contribution in [0.5, 0.6) is 0 Å². The molecule has 116 valence electrons. The molecule has 5 heteroatoms. The van der Waals surface area contributed by atoms with Gasteiger partial charge in [0, 0.05) is 23.8 Å². The van der Waals surface area contributed by atoms with E-state index in [0.29, 0.717) is 0 Å². The number of unbranched alkanes of at least 4 members (excludes halogenated alkanes) is 1. The molecule has 22 heavy (non-hydrogen) atoms. The summed E-state index contributed by atoms with van der Waals surface area (Å²) in [5.74, 6) is 0.0260.